The van der Waals surface area contributed by atoms with E-state index in [4.69, 9.17) is 21.1 Å². The van der Waals surface area contributed by atoms with Gasteiger partial charge >= 0.3 is 12.0 Å². The van der Waals surface area contributed by atoms with Crippen molar-refractivity contribution in [3.05, 3.63) is 87.4 Å². The van der Waals surface area contributed by atoms with Gasteiger partial charge in [0, 0.05) is 5.69 Å². The van der Waals surface area contributed by atoms with Crippen molar-refractivity contribution < 1.29 is 38.2 Å². The Kier molecular flexibility index (Phi) is 8.92. The van der Waals surface area contributed by atoms with Crippen LogP contribution in [0.2, 0.25) is 5.02 Å². The van der Waals surface area contributed by atoms with Crippen molar-refractivity contribution >= 4 is 58.8 Å². The molecule has 216 valence electrons. The zero-order valence-corrected chi connectivity index (χ0v) is 23.8. The van der Waals surface area contributed by atoms with Gasteiger partial charge in [-0.2, -0.15) is 0 Å². The zero-order valence-electron chi connectivity index (χ0n) is 23.1. The molecule has 0 aromatic heterocycles. The molecule has 0 spiro atoms. The maximum Gasteiger partial charge on any atom is 0.337 e. The van der Waals surface area contributed by atoms with Gasteiger partial charge in [0.15, 0.2) is 18.1 Å². The van der Waals surface area contributed by atoms with Gasteiger partial charge in [0.25, 0.3) is 17.7 Å². The average Bonchev–Trinajstić information content (AvgIpc) is 2.95. The minimum atomic E-state index is -0.952. The van der Waals surface area contributed by atoms with E-state index in [9.17, 15) is 24.0 Å². The van der Waals surface area contributed by atoms with Gasteiger partial charge in [-0.15, -0.1) is 0 Å². The third-order valence-corrected chi connectivity index (χ3v) is 6.50. The molecule has 2 N–H and O–H groups in total. The van der Waals surface area contributed by atoms with E-state index >= 15 is 0 Å². The van der Waals surface area contributed by atoms with Crippen molar-refractivity contribution in [3.63, 3.8) is 0 Å². The Morgan fingerprint density at radius 2 is 1.71 bits per heavy atom. The molecule has 12 heteroatoms. The van der Waals surface area contributed by atoms with Crippen molar-refractivity contribution in [1.82, 2.24) is 5.32 Å². The highest BCUT2D eigenvalue weighted by Crippen LogP contribution is 2.37. The molecular weight excluding hydrogens is 566 g/mol. The molecule has 0 saturated carbocycles. The average molecular weight is 592 g/mol. The van der Waals surface area contributed by atoms with Crippen LogP contribution in [0.5, 0.6) is 11.5 Å². The second-order valence-electron chi connectivity index (χ2n) is 9.19. The number of carbonyl (C=O) groups is 5. The van der Waals surface area contributed by atoms with Crippen LogP contribution in [0.3, 0.4) is 0 Å². The molecule has 11 nitrogen and oxygen atoms in total. The predicted octanol–water partition coefficient (Wildman–Crippen LogP) is 4.44. The third-order valence-electron chi connectivity index (χ3n) is 6.21. The quantitative estimate of drug-likeness (QED) is 0.223. The number of hydrogen-bond donors (Lipinski definition) is 2. The second kappa shape index (κ2) is 12.6. The lowest BCUT2D eigenvalue weighted by molar-refractivity contribution is -0.122. The van der Waals surface area contributed by atoms with Crippen LogP contribution in [0.25, 0.3) is 6.08 Å². The van der Waals surface area contributed by atoms with Crippen LogP contribution in [0.15, 0.2) is 60.2 Å². The van der Waals surface area contributed by atoms with Gasteiger partial charge in [0.05, 0.1) is 30.5 Å². The van der Waals surface area contributed by atoms with Crippen molar-refractivity contribution in [2.24, 2.45) is 0 Å². The number of carbonyl (C=O) groups excluding carboxylic acids is 5. The minimum Gasteiger partial charge on any atom is -0.493 e. The number of anilines is 2. The lowest BCUT2D eigenvalue weighted by Crippen LogP contribution is -2.54. The van der Waals surface area contributed by atoms with Crippen LogP contribution >= 0.6 is 11.6 Å². The van der Waals surface area contributed by atoms with E-state index in [-0.39, 0.29) is 45.5 Å². The molecule has 0 radical (unpaired) electrons. The summed E-state index contributed by atoms with van der Waals surface area (Å²) in [6, 6.07) is 13.1. The van der Waals surface area contributed by atoms with Crippen LogP contribution in [0.1, 0.15) is 27.0 Å². The van der Waals surface area contributed by atoms with Crippen molar-refractivity contribution in [1.29, 1.82) is 0 Å². The van der Waals surface area contributed by atoms with Crippen LogP contribution in [0.4, 0.5) is 16.2 Å². The first-order valence-electron chi connectivity index (χ1n) is 12.5. The molecular formula is C30H26ClN3O8. The predicted molar refractivity (Wildman–Crippen MR) is 155 cm³/mol. The SMILES string of the molecule is COC(=O)c1ccc(N2C(=O)NC(=O)/C(=C/c3cc(Cl)c(OCC(=O)Nc4ccc(C)cc4C)c(OC)c3)C2=O)cc1. The van der Waals surface area contributed by atoms with Gasteiger partial charge in [0.2, 0.25) is 0 Å². The smallest absolute Gasteiger partial charge is 0.337 e. The van der Waals surface area contributed by atoms with E-state index in [0.29, 0.717) is 5.69 Å². The molecule has 4 rings (SSSR count). The van der Waals surface area contributed by atoms with Crippen molar-refractivity contribution in [2.75, 3.05) is 31.0 Å². The van der Waals surface area contributed by atoms with Crippen molar-refractivity contribution in [3.8, 4) is 11.5 Å². The molecule has 3 aromatic rings. The fraction of sp³-hybridized carbons (Fsp3) is 0.167. The second-order valence-corrected chi connectivity index (χ2v) is 9.59. The van der Waals surface area contributed by atoms with Crippen LogP contribution in [0, 0.1) is 13.8 Å². The molecule has 42 heavy (non-hydrogen) atoms. The summed E-state index contributed by atoms with van der Waals surface area (Å²) in [7, 11) is 2.59. The number of imide groups is 2. The van der Waals surface area contributed by atoms with E-state index in [0.717, 1.165) is 16.0 Å². The lowest BCUT2D eigenvalue weighted by Gasteiger charge is -2.26. The van der Waals surface area contributed by atoms with Crippen LogP contribution < -0.4 is 25.0 Å². The number of barbiturate groups is 1. The number of halogens is 1. The fourth-order valence-electron chi connectivity index (χ4n) is 4.16. The third kappa shape index (κ3) is 6.42. The number of ether oxygens (including phenoxy) is 3. The molecule has 1 saturated heterocycles. The fourth-order valence-corrected chi connectivity index (χ4v) is 4.44. The van der Waals surface area contributed by atoms with Gasteiger partial charge in [-0.25, -0.2) is 14.5 Å². The minimum absolute atomic E-state index is 0.0514. The first-order valence-corrected chi connectivity index (χ1v) is 12.9. The topological polar surface area (TPSA) is 140 Å². The number of hydrogen-bond acceptors (Lipinski definition) is 8. The number of nitrogens with zero attached hydrogens (tertiary/aromatic N) is 1. The Morgan fingerprint density at radius 1 is 1.00 bits per heavy atom. The molecule has 0 bridgehead atoms. The van der Waals surface area contributed by atoms with Gasteiger partial charge < -0.3 is 19.5 Å². The number of urea groups is 1. The lowest BCUT2D eigenvalue weighted by atomic mass is 10.1. The normalized spacial score (nSPS) is 14.0. The largest absolute Gasteiger partial charge is 0.493 e. The molecule has 0 unspecified atom stereocenters. The summed E-state index contributed by atoms with van der Waals surface area (Å²) in [6.45, 7) is 3.47. The summed E-state index contributed by atoms with van der Waals surface area (Å²) >= 11 is 6.44. The summed E-state index contributed by atoms with van der Waals surface area (Å²) in [5.74, 6) is -2.59. The molecule has 5 amide bonds. The van der Waals surface area contributed by atoms with Crippen LogP contribution in [-0.2, 0) is 19.1 Å². The van der Waals surface area contributed by atoms with Crippen LogP contribution in [-0.4, -0.2) is 50.5 Å². The van der Waals surface area contributed by atoms with Gasteiger partial charge in [-0.05, 0) is 73.5 Å². The Balaban J connectivity index is 1.55. The number of esters is 1. The Labute approximate surface area is 246 Å². The molecule has 1 fully saturated rings. The number of rotatable bonds is 8. The zero-order chi connectivity index (χ0) is 30.6. The highest BCUT2D eigenvalue weighted by Gasteiger charge is 2.37. The van der Waals surface area contributed by atoms with E-state index in [1.807, 2.05) is 26.0 Å². The van der Waals surface area contributed by atoms with E-state index in [1.54, 1.807) is 6.07 Å². The number of benzene rings is 3. The first kappa shape index (κ1) is 29.8. The van der Waals surface area contributed by atoms with E-state index < -0.39 is 29.7 Å². The summed E-state index contributed by atoms with van der Waals surface area (Å²) < 4.78 is 15.7. The van der Waals surface area contributed by atoms with E-state index in [1.165, 1.54) is 56.7 Å². The molecule has 0 atom stereocenters. The Hall–Kier alpha value is -5.16. The monoisotopic (exact) mass is 591 g/mol. The number of methoxy groups -OCH3 is 2. The number of amides is 5. The first-order chi connectivity index (χ1) is 20.0. The maximum absolute atomic E-state index is 13.3. The summed E-state index contributed by atoms with van der Waals surface area (Å²) in [6.07, 6.45) is 1.24. The number of aryl methyl sites for hydroxylation is 2. The molecule has 3 aromatic carbocycles. The molecule has 1 aliphatic heterocycles. The van der Waals surface area contributed by atoms with E-state index in [2.05, 4.69) is 15.4 Å². The highest BCUT2D eigenvalue weighted by molar-refractivity contribution is 6.39. The van der Waals surface area contributed by atoms with Gasteiger partial charge in [0.1, 0.15) is 5.57 Å². The van der Waals surface area contributed by atoms with Gasteiger partial charge in [-0.1, -0.05) is 29.3 Å². The summed E-state index contributed by atoms with van der Waals surface area (Å²) in [5.41, 5.74) is 2.89. The van der Waals surface area contributed by atoms with Gasteiger partial charge in [-0.3, -0.25) is 19.7 Å². The highest BCUT2D eigenvalue weighted by atomic mass is 35.5. The number of nitrogens with one attached hydrogen (secondary N) is 2. The van der Waals surface area contributed by atoms with Crippen molar-refractivity contribution in [2.45, 2.75) is 13.8 Å². The summed E-state index contributed by atoms with van der Waals surface area (Å²) in [4.78, 5) is 63.4. The molecule has 0 aliphatic carbocycles. The standard InChI is InChI=1S/C30H26ClN3O8/c1-16-5-10-23(17(2)11-16)32-25(35)15-42-26-22(31)13-18(14-24(26)40-3)12-21-27(36)33-30(39)34(28(21)37)20-8-6-19(7-9-20)29(38)41-4/h5-14H,15H2,1-4H3,(H,32,35)(H,33,36,39)/b21-12-. The summed E-state index contributed by atoms with van der Waals surface area (Å²) in [5, 5.41) is 4.95. The Bertz CT molecular complexity index is 1630. The maximum atomic E-state index is 13.3. The molecule has 1 heterocycles. The Morgan fingerprint density at radius 3 is 2.36 bits per heavy atom. The molecule has 1 aliphatic rings.